The molecular formula is C13H23N5. The molecule has 3 rings (SSSR count). The molecule has 1 saturated carbocycles. The molecule has 0 aromatic carbocycles. The van der Waals surface area contributed by atoms with Gasteiger partial charge in [-0.1, -0.05) is 12.1 Å². The third-order valence-corrected chi connectivity index (χ3v) is 3.89. The van der Waals surface area contributed by atoms with E-state index in [0.29, 0.717) is 0 Å². The van der Waals surface area contributed by atoms with Crippen molar-refractivity contribution in [2.24, 2.45) is 5.92 Å². The van der Waals surface area contributed by atoms with E-state index >= 15 is 0 Å². The lowest BCUT2D eigenvalue weighted by atomic mass is 10.2. The van der Waals surface area contributed by atoms with Crippen LogP contribution in [0.5, 0.6) is 0 Å². The second-order valence-corrected chi connectivity index (χ2v) is 5.82. The Balaban J connectivity index is 1.41. The van der Waals surface area contributed by atoms with Crippen LogP contribution < -0.4 is 5.32 Å². The SMILES string of the molecule is CC1CCN(CCn2cc(CNC3CC3)nn2)C1. The molecule has 1 atom stereocenters. The van der Waals surface area contributed by atoms with Gasteiger partial charge in [-0.3, -0.25) is 4.68 Å². The minimum Gasteiger partial charge on any atom is -0.308 e. The summed E-state index contributed by atoms with van der Waals surface area (Å²) in [7, 11) is 0. The van der Waals surface area contributed by atoms with Crippen molar-refractivity contribution >= 4 is 0 Å². The summed E-state index contributed by atoms with van der Waals surface area (Å²) < 4.78 is 1.98. The number of likely N-dealkylation sites (tertiary alicyclic amines) is 1. The van der Waals surface area contributed by atoms with Crippen molar-refractivity contribution < 1.29 is 0 Å². The zero-order valence-electron chi connectivity index (χ0n) is 11.2. The van der Waals surface area contributed by atoms with E-state index in [0.717, 1.165) is 37.3 Å². The monoisotopic (exact) mass is 249 g/mol. The fourth-order valence-corrected chi connectivity index (χ4v) is 2.54. The molecule has 18 heavy (non-hydrogen) atoms. The fourth-order valence-electron chi connectivity index (χ4n) is 2.54. The summed E-state index contributed by atoms with van der Waals surface area (Å²) in [5.41, 5.74) is 1.07. The highest BCUT2D eigenvalue weighted by Gasteiger charge is 2.20. The molecule has 1 unspecified atom stereocenters. The highest BCUT2D eigenvalue weighted by Crippen LogP contribution is 2.19. The van der Waals surface area contributed by atoms with Gasteiger partial charge in [0.15, 0.2) is 0 Å². The number of nitrogens with one attached hydrogen (secondary N) is 1. The fraction of sp³-hybridized carbons (Fsp3) is 0.846. The Kier molecular flexibility index (Phi) is 3.61. The molecule has 0 spiro atoms. The largest absolute Gasteiger partial charge is 0.308 e. The molecule has 1 aromatic heterocycles. The van der Waals surface area contributed by atoms with E-state index < -0.39 is 0 Å². The van der Waals surface area contributed by atoms with Gasteiger partial charge in [-0.25, -0.2) is 0 Å². The lowest BCUT2D eigenvalue weighted by Crippen LogP contribution is -2.25. The summed E-state index contributed by atoms with van der Waals surface area (Å²) >= 11 is 0. The number of hydrogen-bond acceptors (Lipinski definition) is 4. The highest BCUT2D eigenvalue weighted by molar-refractivity contribution is 4.94. The predicted molar refractivity (Wildman–Crippen MR) is 70.1 cm³/mol. The Morgan fingerprint density at radius 1 is 1.33 bits per heavy atom. The summed E-state index contributed by atoms with van der Waals surface area (Å²) in [6.07, 6.45) is 6.06. The molecule has 1 aromatic rings. The Morgan fingerprint density at radius 2 is 2.22 bits per heavy atom. The second-order valence-electron chi connectivity index (χ2n) is 5.82. The lowest BCUT2D eigenvalue weighted by molar-refractivity contribution is 0.305. The van der Waals surface area contributed by atoms with Crippen LogP contribution in [0.15, 0.2) is 6.20 Å². The summed E-state index contributed by atoms with van der Waals surface area (Å²) in [4.78, 5) is 2.52. The van der Waals surface area contributed by atoms with Gasteiger partial charge in [0.25, 0.3) is 0 Å². The molecule has 0 amide bonds. The first kappa shape index (κ1) is 12.1. The van der Waals surface area contributed by atoms with Crippen LogP contribution in [0.25, 0.3) is 0 Å². The van der Waals surface area contributed by atoms with E-state index in [2.05, 4.69) is 33.6 Å². The van der Waals surface area contributed by atoms with Crippen LogP contribution in [-0.4, -0.2) is 45.6 Å². The molecule has 5 heteroatoms. The first-order valence-electron chi connectivity index (χ1n) is 7.14. The Bertz CT molecular complexity index is 384. The van der Waals surface area contributed by atoms with E-state index in [1.165, 1.54) is 32.4 Å². The summed E-state index contributed by atoms with van der Waals surface area (Å²) in [6, 6.07) is 0.737. The summed E-state index contributed by atoms with van der Waals surface area (Å²) in [6.45, 7) is 7.74. The van der Waals surface area contributed by atoms with Crippen LogP contribution in [-0.2, 0) is 13.1 Å². The van der Waals surface area contributed by atoms with Crippen LogP contribution in [0.4, 0.5) is 0 Å². The number of nitrogens with zero attached hydrogens (tertiary/aromatic N) is 4. The molecule has 2 fully saturated rings. The van der Waals surface area contributed by atoms with Crippen LogP contribution in [0.3, 0.4) is 0 Å². The van der Waals surface area contributed by atoms with Gasteiger partial charge >= 0.3 is 0 Å². The highest BCUT2D eigenvalue weighted by atomic mass is 15.4. The van der Waals surface area contributed by atoms with Crippen molar-refractivity contribution in [3.63, 3.8) is 0 Å². The summed E-state index contributed by atoms with van der Waals surface area (Å²) in [5.74, 6) is 0.860. The molecule has 2 heterocycles. The maximum atomic E-state index is 4.21. The molecule has 1 N–H and O–H groups in total. The molecule has 0 radical (unpaired) electrons. The molecule has 1 aliphatic heterocycles. The molecule has 1 saturated heterocycles. The predicted octanol–water partition coefficient (Wildman–Crippen LogP) is 0.872. The Hall–Kier alpha value is -0.940. The second kappa shape index (κ2) is 5.36. The van der Waals surface area contributed by atoms with E-state index in [1.807, 2.05) is 4.68 Å². The normalized spacial score (nSPS) is 24.8. The smallest absolute Gasteiger partial charge is 0.0964 e. The maximum absolute atomic E-state index is 4.21. The lowest BCUT2D eigenvalue weighted by Gasteiger charge is -2.14. The zero-order valence-corrected chi connectivity index (χ0v) is 11.2. The van der Waals surface area contributed by atoms with Crippen LogP contribution in [0.1, 0.15) is 31.9 Å². The van der Waals surface area contributed by atoms with Gasteiger partial charge in [0, 0.05) is 31.9 Å². The van der Waals surface area contributed by atoms with Crippen molar-refractivity contribution in [3.05, 3.63) is 11.9 Å². The van der Waals surface area contributed by atoms with Gasteiger partial charge in [-0.2, -0.15) is 0 Å². The molecule has 2 aliphatic rings. The first-order chi connectivity index (χ1) is 8.79. The summed E-state index contributed by atoms with van der Waals surface area (Å²) in [5, 5.41) is 11.9. The Morgan fingerprint density at radius 3 is 2.94 bits per heavy atom. The van der Waals surface area contributed by atoms with E-state index in [4.69, 9.17) is 0 Å². The number of rotatable bonds is 6. The topological polar surface area (TPSA) is 46.0 Å². The minimum atomic E-state index is 0.737. The average Bonchev–Trinajstić information content (AvgIpc) is 2.93. The van der Waals surface area contributed by atoms with Crippen molar-refractivity contribution in [2.45, 2.75) is 45.3 Å². The van der Waals surface area contributed by atoms with E-state index in [9.17, 15) is 0 Å². The van der Waals surface area contributed by atoms with Crippen LogP contribution in [0, 0.1) is 5.92 Å². The first-order valence-corrected chi connectivity index (χ1v) is 7.14. The third-order valence-electron chi connectivity index (χ3n) is 3.89. The maximum Gasteiger partial charge on any atom is 0.0964 e. The number of hydrogen-bond donors (Lipinski definition) is 1. The molecule has 5 nitrogen and oxygen atoms in total. The molecule has 0 bridgehead atoms. The van der Waals surface area contributed by atoms with Gasteiger partial charge < -0.3 is 10.2 Å². The Labute approximate surface area is 109 Å². The zero-order chi connectivity index (χ0) is 12.4. The van der Waals surface area contributed by atoms with Crippen molar-refractivity contribution in [3.8, 4) is 0 Å². The van der Waals surface area contributed by atoms with E-state index in [1.54, 1.807) is 0 Å². The number of aromatic nitrogens is 3. The van der Waals surface area contributed by atoms with Crippen molar-refractivity contribution in [2.75, 3.05) is 19.6 Å². The minimum absolute atomic E-state index is 0.737. The van der Waals surface area contributed by atoms with Gasteiger partial charge in [-0.05, 0) is 31.7 Å². The quantitative estimate of drug-likeness (QED) is 0.812. The molecule has 100 valence electrons. The van der Waals surface area contributed by atoms with Gasteiger partial charge in [0.05, 0.1) is 12.2 Å². The third kappa shape index (κ3) is 3.29. The van der Waals surface area contributed by atoms with Crippen molar-refractivity contribution in [1.29, 1.82) is 0 Å². The van der Waals surface area contributed by atoms with Gasteiger partial charge in [0.1, 0.15) is 0 Å². The average molecular weight is 249 g/mol. The van der Waals surface area contributed by atoms with E-state index in [-0.39, 0.29) is 0 Å². The van der Waals surface area contributed by atoms with Gasteiger partial charge in [0.2, 0.25) is 0 Å². The standard InChI is InChI=1S/C13H23N5/c1-11-4-5-17(9-11)6-7-18-10-13(15-16-18)8-14-12-2-3-12/h10-12,14H,2-9H2,1H3. The van der Waals surface area contributed by atoms with Crippen LogP contribution in [0.2, 0.25) is 0 Å². The molecular weight excluding hydrogens is 226 g/mol. The van der Waals surface area contributed by atoms with Crippen molar-refractivity contribution in [1.82, 2.24) is 25.2 Å². The molecule has 1 aliphatic carbocycles. The van der Waals surface area contributed by atoms with Gasteiger partial charge in [-0.15, -0.1) is 5.10 Å². The van der Waals surface area contributed by atoms with Crippen LogP contribution >= 0.6 is 0 Å².